The minimum Gasteiger partial charge on any atom is -0.464 e. The van der Waals surface area contributed by atoms with Gasteiger partial charge in [0.05, 0.1) is 6.61 Å². The second-order valence-electron chi connectivity index (χ2n) is 6.02. The summed E-state index contributed by atoms with van der Waals surface area (Å²) in [6.07, 6.45) is 2.68. The Morgan fingerprint density at radius 3 is 2.50 bits per heavy atom. The van der Waals surface area contributed by atoms with E-state index in [1.54, 1.807) is 13.0 Å². The Bertz CT molecular complexity index is 357. The van der Waals surface area contributed by atoms with Crippen LogP contribution in [-0.2, 0) is 14.3 Å². The highest BCUT2D eigenvalue weighted by Crippen LogP contribution is 2.45. The summed E-state index contributed by atoms with van der Waals surface area (Å²) in [5, 5.41) is 2.82. The molecule has 18 heavy (non-hydrogen) atoms. The molecule has 0 unspecified atom stereocenters. The first-order valence-electron chi connectivity index (χ1n) is 6.36. The number of amides is 1. The Hall–Kier alpha value is -1.32. The topological polar surface area (TPSA) is 55.4 Å². The van der Waals surface area contributed by atoms with Crippen molar-refractivity contribution < 1.29 is 14.3 Å². The van der Waals surface area contributed by atoms with E-state index < -0.39 is 5.54 Å². The maximum Gasteiger partial charge on any atom is 0.332 e. The Morgan fingerprint density at radius 2 is 2.11 bits per heavy atom. The predicted molar refractivity (Wildman–Crippen MR) is 69.9 cm³/mol. The van der Waals surface area contributed by atoms with Crippen LogP contribution in [0.3, 0.4) is 0 Å². The number of esters is 1. The number of nitrogens with one attached hydrogen (secondary N) is 1. The summed E-state index contributed by atoms with van der Waals surface area (Å²) in [4.78, 5) is 23.8. The van der Waals surface area contributed by atoms with Gasteiger partial charge in [-0.25, -0.2) is 4.79 Å². The average Bonchev–Trinajstić information content (AvgIpc) is 2.90. The molecule has 1 saturated carbocycles. The molecule has 1 amide bonds. The maximum absolute atomic E-state index is 11.9. The Kier molecular flexibility index (Phi) is 4.20. The quantitative estimate of drug-likeness (QED) is 0.602. The number of ether oxygens (including phenoxy) is 1. The van der Waals surface area contributed by atoms with Gasteiger partial charge in [-0.15, -0.1) is 6.58 Å². The maximum atomic E-state index is 11.9. The highest BCUT2D eigenvalue weighted by molar-refractivity contribution is 5.92. The van der Waals surface area contributed by atoms with E-state index in [9.17, 15) is 9.59 Å². The van der Waals surface area contributed by atoms with Crippen molar-refractivity contribution >= 4 is 11.9 Å². The number of carbonyl (C=O) groups excluding carboxylic acids is 2. The molecule has 0 aliphatic heterocycles. The molecular formula is C14H23NO3. The molecule has 0 aromatic rings. The fourth-order valence-corrected chi connectivity index (χ4v) is 2.04. The summed E-state index contributed by atoms with van der Waals surface area (Å²) in [6.45, 7) is 11.7. The molecule has 4 nitrogen and oxygen atoms in total. The minimum absolute atomic E-state index is 0.0135. The molecule has 0 bridgehead atoms. The number of hydrogen-bond donors (Lipinski definition) is 1. The zero-order valence-electron chi connectivity index (χ0n) is 11.7. The smallest absolute Gasteiger partial charge is 0.332 e. The van der Waals surface area contributed by atoms with Gasteiger partial charge < -0.3 is 10.1 Å². The van der Waals surface area contributed by atoms with E-state index in [2.05, 4.69) is 11.9 Å². The lowest BCUT2D eigenvalue weighted by Gasteiger charge is -2.21. The normalized spacial score (nSPS) is 26.3. The first-order valence-corrected chi connectivity index (χ1v) is 6.36. The van der Waals surface area contributed by atoms with E-state index in [-0.39, 0.29) is 23.2 Å². The molecule has 0 aromatic heterocycles. The molecule has 1 N–H and O–H groups in total. The Labute approximate surface area is 109 Å². The van der Waals surface area contributed by atoms with Crippen molar-refractivity contribution in [2.45, 2.75) is 46.1 Å². The highest BCUT2D eigenvalue weighted by atomic mass is 16.5. The van der Waals surface area contributed by atoms with Crippen molar-refractivity contribution in [2.24, 2.45) is 11.3 Å². The second kappa shape index (κ2) is 5.12. The van der Waals surface area contributed by atoms with E-state index >= 15 is 0 Å². The van der Waals surface area contributed by atoms with Crippen LogP contribution < -0.4 is 5.32 Å². The number of carbonyl (C=O) groups is 2. The van der Waals surface area contributed by atoms with Crippen LogP contribution in [0.25, 0.3) is 0 Å². The summed E-state index contributed by atoms with van der Waals surface area (Å²) in [6, 6.07) is 0. The third kappa shape index (κ3) is 3.34. The van der Waals surface area contributed by atoms with Gasteiger partial charge in [-0.2, -0.15) is 0 Å². The van der Waals surface area contributed by atoms with E-state index in [1.165, 1.54) is 0 Å². The first kappa shape index (κ1) is 14.7. The van der Waals surface area contributed by atoms with Gasteiger partial charge in [-0.05, 0) is 18.8 Å². The largest absolute Gasteiger partial charge is 0.464 e. The number of rotatable bonds is 5. The van der Waals surface area contributed by atoms with Crippen molar-refractivity contribution in [2.75, 3.05) is 6.61 Å². The van der Waals surface area contributed by atoms with Gasteiger partial charge in [-0.3, -0.25) is 4.79 Å². The van der Waals surface area contributed by atoms with Crippen LogP contribution in [0.5, 0.6) is 0 Å². The Morgan fingerprint density at radius 1 is 1.50 bits per heavy atom. The zero-order valence-corrected chi connectivity index (χ0v) is 11.7. The molecule has 0 aromatic carbocycles. The zero-order chi connectivity index (χ0) is 14.0. The van der Waals surface area contributed by atoms with Gasteiger partial charge in [0, 0.05) is 12.3 Å². The summed E-state index contributed by atoms with van der Waals surface area (Å²) in [5.41, 5.74) is -0.960. The minimum atomic E-state index is -0.861. The SMILES string of the molecule is C=C[C@H]1C[C@@]1(NC(=O)CC(C)(C)C)C(=O)OCC. The summed E-state index contributed by atoms with van der Waals surface area (Å²) < 4.78 is 5.03. The summed E-state index contributed by atoms with van der Waals surface area (Å²) in [7, 11) is 0. The van der Waals surface area contributed by atoms with Crippen LogP contribution in [0.1, 0.15) is 40.5 Å². The standard InChI is InChI=1S/C14H23NO3/c1-6-10-8-14(10,12(17)18-7-2)15-11(16)9-13(3,4)5/h6,10H,1,7-9H2,2-5H3,(H,15,16)/t10-,14-/m0/s1. The van der Waals surface area contributed by atoms with Gasteiger partial charge in [0.15, 0.2) is 0 Å². The van der Waals surface area contributed by atoms with Crippen LogP contribution in [0.2, 0.25) is 0 Å². The molecule has 2 atom stereocenters. The van der Waals surface area contributed by atoms with Gasteiger partial charge in [0.25, 0.3) is 0 Å². The molecule has 1 aliphatic carbocycles. The van der Waals surface area contributed by atoms with E-state index in [0.717, 1.165) is 0 Å². The lowest BCUT2D eigenvalue weighted by molar-refractivity contribution is -0.149. The van der Waals surface area contributed by atoms with Gasteiger partial charge >= 0.3 is 5.97 Å². The summed E-state index contributed by atoms with van der Waals surface area (Å²) in [5.74, 6) is -0.475. The van der Waals surface area contributed by atoms with E-state index in [1.807, 2.05) is 20.8 Å². The molecule has 4 heteroatoms. The van der Waals surface area contributed by atoms with Crippen molar-refractivity contribution in [1.29, 1.82) is 0 Å². The fraction of sp³-hybridized carbons (Fsp3) is 0.714. The molecule has 102 valence electrons. The van der Waals surface area contributed by atoms with Crippen molar-refractivity contribution in [3.63, 3.8) is 0 Å². The lowest BCUT2D eigenvalue weighted by Crippen LogP contribution is -2.46. The third-order valence-corrected chi connectivity index (χ3v) is 2.99. The molecule has 0 saturated heterocycles. The third-order valence-electron chi connectivity index (χ3n) is 2.99. The van der Waals surface area contributed by atoms with E-state index in [0.29, 0.717) is 19.4 Å². The molecule has 1 fully saturated rings. The highest BCUT2D eigenvalue weighted by Gasteiger charge is 2.61. The van der Waals surface area contributed by atoms with Crippen molar-refractivity contribution in [1.82, 2.24) is 5.32 Å². The predicted octanol–water partition coefficient (Wildman–Crippen LogP) is 2.05. The second-order valence-corrected chi connectivity index (χ2v) is 6.02. The summed E-state index contributed by atoms with van der Waals surface area (Å²) >= 11 is 0. The monoisotopic (exact) mass is 253 g/mol. The lowest BCUT2D eigenvalue weighted by atomic mass is 9.91. The average molecular weight is 253 g/mol. The molecule has 0 spiro atoms. The fourth-order valence-electron chi connectivity index (χ4n) is 2.04. The Balaban J connectivity index is 2.68. The molecule has 0 radical (unpaired) electrons. The molecule has 1 rings (SSSR count). The molecule has 1 aliphatic rings. The van der Waals surface area contributed by atoms with Gasteiger partial charge in [-0.1, -0.05) is 26.8 Å². The van der Waals surface area contributed by atoms with E-state index in [4.69, 9.17) is 4.74 Å². The van der Waals surface area contributed by atoms with Crippen molar-refractivity contribution in [3.05, 3.63) is 12.7 Å². The van der Waals surface area contributed by atoms with Crippen LogP contribution in [0.15, 0.2) is 12.7 Å². The van der Waals surface area contributed by atoms with Gasteiger partial charge in [0.1, 0.15) is 5.54 Å². The first-order chi connectivity index (χ1) is 8.25. The van der Waals surface area contributed by atoms with Crippen molar-refractivity contribution in [3.8, 4) is 0 Å². The molecular weight excluding hydrogens is 230 g/mol. The number of hydrogen-bond acceptors (Lipinski definition) is 3. The van der Waals surface area contributed by atoms with Crippen LogP contribution in [0.4, 0.5) is 0 Å². The van der Waals surface area contributed by atoms with Crippen LogP contribution in [0, 0.1) is 11.3 Å². The molecule has 0 heterocycles. The van der Waals surface area contributed by atoms with Crippen LogP contribution in [-0.4, -0.2) is 24.0 Å². The van der Waals surface area contributed by atoms with Gasteiger partial charge in [0.2, 0.25) is 5.91 Å². The van der Waals surface area contributed by atoms with Crippen LogP contribution >= 0.6 is 0 Å².